The Labute approximate surface area is 371 Å². The van der Waals surface area contributed by atoms with E-state index in [0.717, 1.165) is 51.9 Å². The highest BCUT2D eigenvalue weighted by Crippen LogP contribution is 2.54. The van der Waals surface area contributed by atoms with Crippen LogP contribution in [0, 0.1) is 0 Å². The molecule has 394 valence electrons. The van der Waals surface area contributed by atoms with Gasteiger partial charge >= 0.3 is 60.4 Å². The molecule has 0 fully saturated rings. The third kappa shape index (κ3) is 33.7. The molecule has 0 radical (unpaired) electrons. The quantitative estimate of drug-likeness (QED) is 0.0212. The van der Waals surface area contributed by atoms with Crippen LogP contribution in [0.5, 0.6) is 0 Å². The normalized spacial score (nSPS) is 12.8. The van der Waals surface area contributed by atoms with Gasteiger partial charge in [-0.15, -0.1) is 0 Å². The van der Waals surface area contributed by atoms with E-state index in [2.05, 4.69) is 33.9 Å². The van der Waals surface area contributed by atoms with E-state index in [1.165, 1.54) is 0 Å². The van der Waals surface area contributed by atoms with Crippen LogP contribution in [0.3, 0.4) is 0 Å². The van der Waals surface area contributed by atoms with Crippen LogP contribution in [0.4, 0.5) is 79.0 Å². The van der Waals surface area contributed by atoms with Gasteiger partial charge in [-0.2, -0.15) is 91.7 Å². The number of carbonyl (C=O) groups excluding carboxylic acids is 2. The number of alkyl halides is 18. The van der Waals surface area contributed by atoms with Gasteiger partial charge < -0.3 is 42.3 Å². The summed E-state index contributed by atoms with van der Waals surface area (Å²) in [5, 5.41) is 33.4. The Balaban J connectivity index is -0.000000744. The van der Waals surface area contributed by atoms with E-state index in [4.69, 9.17) is 35.4 Å². The molecule has 0 bridgehead atoms. The second-order valence-corrected chi connectivity index (χ2v) is 13.7. The summed E-state index contributed by atoms with van der Waals surface area (Å²) in [6.07, 6.45) is -17.2. The van der Waals surface area contributed by atoms with Crippen LogP contribution < -0.4 is 27.0 Å². The number of rotatable bonds is 28. The lowest BCUT2D eigenvalue weighted by molar-refractivity contribution is -0.396. The number of nitrogens with two attached hydrogens (primary N) is 1. The molecule has 32 heteroatoms. The van der Waals surface area contributed by atoms with Crippen molar-refractivity contribution in [2.75, 3.05) is 45.0 Å². The highest BCUT2D eigenvalue weighted by Gasteiger charge is 2.81. The topological polar surface area (TPSA) is 220 Å². The van der Waals surface area contributed by atoms with Crippen molar-refractivity contribution in [3.8, 4) is 0 Å². The molecule has 9 N–H and O–H groups in total. The molecule has 0 heterocycles. The van der Waals surface area contributed by atoms with E-state index in [9.17, 15) is 88.6 Å². The smallest absolute Gasteiger partial charge is 0.475 e. The van der Waals surface area contributed by atoms with Crippen molar-refractivity contribution >= 4 is 42.4 Å². The van der Waals surface area contributed by atoms with Crippen molar-refractivity contribution in [2.24, 2.45) is 5.73 Å². The van der Waals surface area contributed by atoms with Gasteiger partial charge in [0.15, 0.2) is 0 Å². The van der Waals surface area contributed by atoms with Gasteiger partial charge in [-0.1, -0.05) is 38.5 Å². The molecule has 0 aromatic rings. The molecule has 0 spiro atoms. The minimum Gasteiger partial charge on any atom is -0.475 e. The first-order valence-electron chi connectivity index (χ1n) is 19.3. The van der Waals surface area contributed by atoms with Crippen molar-refractivity contribution in [1.29, 1.82) is 0 Å². The summed E-state index contributed by atoms with van der Waals surface area (Å²) < 4.78 is 211. The summed E-state index contributed by atoms with van der Waals surface area (Å²) in [5.74, 6) is -27.7. The summed E-state index contributed by atoms with van der Waals surface area (Å²) in [6, 6.07) is -0.771. The maximum Gasteiger partial charge on any atom is 0.490 e. The summed E-state index contributed by atoms with van der Waals surface area (Å²) in [6.45, 7) is 4.65. The zero-order valence-electron chi connectivity index (χ0n) is 34.6. The SMILES string of the molecule is NCCCNCCCCNCCCNC(=O)[C@H](CS)NC(=O)CCCCCCCCCCC(F)(F)C(F)(F)C(F)(F)C(F)(F)F.O=C(O)C(F)(F)F.O=C(O)C(F)(F)F.O=C(O)C(F)(F)F. The summed E-state index contributed by atoms with van der Waals surface area (Å²) in [7, 11) is 0. The molecule has 66 heavy (non-hydrogen) atoms. The Hall–Kier alpha value is -3.68. The van der Waals surface area contributed by atoms with E-state index in [-0.39, 0.29) is 30.4 Å². The van der Waals surface area contributed by atoms with E-state index in [1.54, 1.807) is 0 Å². The zero-order valence-corrected chi connectivity index (χ0v) is 35.5. The average molecular weight is 1030 g/mol. The summed E-state index contributed by atoms with van der Waals surface area (Å²) in [5.41, 5.74) is 5.43. The van der Waals surface area contributed by atoms with Crippen LogP contribution in [-0.2, 0) is 24.0 Å². The number of nitrogens with one attached hydrogen (secondary N) is 4. The molecule has 0 aromatic heterocycles. The Morgan fingerprint density at radius 1 is 0.485 bits per heavy atom. The summed E-state index contributed by atoms with van der Waals surface area (Å²) >= 11 is 4.14. The van der Waals surface area contributed by atoms with Crippen molar-refractivity contribution in [2.45, 2.75) is 138 Å². The molecule has 0 saturated carbocycles. The maximum absolute atomic E-state index is 13.5. The van der Waals surface area contributed by atoms with Crippen LogP contribution >= 0.6 is 12.6 Å². The molecule has 13 nitrogen and oxygen atoms in total. The fourth-order valence-electron chi connectivity index (χ4n) is 4.24. The number of halogens is 18. The van der Waals surface area contributed by atoms with Gasteiger partial charge in [-0.25, -0.2) is 14.4 Å². The first-order valence-corrected chi connectivity index (χ1v) is 19.9. The van der Waals surface area contributed by atoms with Gasteiger partial charge in [0.25, 0.3) is 0 Å². The van der Waals surface area contributed by atoms with Crippen LogP contribution in [0.1, 0.15) is 89.9 Å². The molecule has 0 aliphatic carbocycles. The Morgan fingerprint density at radius 3 is 1.18 bits per heavy atom. The van der Waals surface area contributed by atoms with Gasteiger partial charge in [0.2, 0.25) is 11.8 Å². The predicted octanol–water partition coefficient (Wildman–Crippen LogP) is 7.48. The second-order valence-electron chi connectivity index (χ2n) is 13.4. The molecular formula is C34H53F18N5O8S. The molecule has 2 amide bonds. The lowest BCUT2D eigenvalue weighted by atomic mass is 9.97. The van der Waals surface area contributed by atoms with Gasteiger partial charge in [-0.3, -0.25) is 9.59 Å². The molecule has 0 aliphatic rings. The van der Waals surface area contributed by atoms with E-state index in [1.807, 2.05) is 0 Å². The average Bonchev–Trinajstić information content (AvgIpc) is 3.17. The molecule has 1 atom stereocenters. The molecule has 0 aromatic carbocycles. The number of carboxylic acids is 3. The maximum atomic E-state index is 13.5. The van der Waals surface area contributed by atoms with Crippen LogP contribution in [0.2, 0.25) is 0 Å². The predicted molar refractivity (Wildman–Crippen MR) is 200 cm³/mol. The molecular weight excluding hydrogens is 980 g/mol. The molecule has 0 aliphatic heterocycles. The third-order valence-electron chi connectivity index (χ3n) is 7.76. The van der Waals surface area contributed by atoms with Crippen LogP contribution in [0.15, 0.2) is 0 Å². The number of unbranched alkanes of at least 4 members (excludes halogenated alkanes) is 8. The summed E-state index contributed by atoms with van der Waals surface area (Å²) in [4.78, 5) is 51.2. The van der Waals surface area contributed by atoms with Crippen molar-refractivity contribution in [1.82, 2.24) is 21.3 Å². The van der Waals surface area contributed by atoms with Gasteiger partial charge in [-0.05, 0) is 71.2 Å². The highest BCUT2D eigenvalue weighted by atomic mass is 32.1. The van der Waals surface area contributed by atoms with Gasteiger partial charge in [0.1, 0.15) is 6.04 Å². The zero-order chi connectivity index (χ0) is 52.6. The van der Waals surface area contributed by atoms with Crippen molar-refractivity contribution in [3.05, 3.63) is 0 Å². The third-order valence-corrected chi connectivity index (χ3v) is 8.13. The number of aliphatic carboxylic acids is 3. The van der Waals surface area contributed by atoms with E-state index < -0.39 is 79.3 Å². The van der Waals surface area contributed by atoms with E-state index >= 15 is 0 Å². The molecule has 0 unspecified atom stereocenters. The number of amides is 2. The first-order chi connectivity index (χ1) is 29.9. The lowest BCUT2D eigenvalue weighted by Gasteiger charge is -2.33. The Morgan fingerprint density at radius 2 is 0.833 bits per heavy atom. The number of hydrogen-bond acceptors (Lipinski definition) is 9. The Kier molecular flexibility index (Phi) is 35.2. The second kappa shape index (κ2) is 33.7. The van der Waals surface area contributed by atoms with Crippen LogP contribution in [-0.4, -0.2) is 139 Å². The first kappa shape index (κ1) is 68.9. The van der Waals surface area contributed by atoms with Crippen molar-refractivity contribution in [3.63, 3.8) is 0 Å². The van der Waals surface area contributed by atoms with Crippen LogP contribution in [0.25, 0.3) is 0 Å². The highest BCUT2D eigenvalue weighted by molar-refractivity contribution is 7.80. The number of hydrogen-bond donors (Lipinski definition) is 9. The Bertz CT molecular complexity index is 1320. The molecule has 0 rings (SSSR count). The largest absolute Gasteiger partial charge is 0.490 e. The number of carbonyl (C=O) groups is 5. The monoisotopic (exact) mass is 1030 g/mol. The standard InChI is InChI=1S/C28H50F9N5O2S.3C2HF3O2/c29-25(30,26(31,32)27(33,34)28(35,36)37)14-8-6-4-2-1-3-5-7-13-23(43)42-22(21-45)24(44)41-20-12-19-40-17-10-9-16-39-18-11-15-38;3*3-2(4,5)1(6)7/h22,39-40,45H,1-21,38H2,(H,41,44)(H,42,43);3*(H,6,7)/t22-;;;/m0.../s1. The minimum atomic E-state index is -6.85. The molecule has 0 saturated heterocycles. The fraction of sp³-hybridized carbons (Fsp3) is 0.853. The van der Waals surface area contributed by atoms with Crippen molar-refractivity contribution < 1.29 is 118 Å². The number of thiol groups is 1. The fourth-order valence-corrected chi connectivity index (χ4v) is 4.50. The van der Waals surface area contributed by atoms with Gasteiger partial charge in [0.05, 0.1) is 0 Å². The minimum absolute atomic E-state index is 0.0381. The number of carboxylic acid groups (broad SMARTS) is 3. The van der Waals surface area contributed by atoms with Gasteiger partial charge in [0, 0.05) is 25.1 Å². The van der Waals surface area contributed by atoms with E-state index in [0.29, 0.717) is 51.6 Å². The lowest BCUT2D eigenvalue weighted by Crippen LogP contribution is -2.60.